The summed E-state index contributed by atoms with van der Waals surface area (Å²) in [5, 5.41) is 0. The van der Waals surface area contributed by atoms with E-state index in [1.807, 2.05) is 50.3 Å². The van der Waals surface area contributed by atoms with Crippen molar-refractivity contribution in [2.45, 2.75) is 44.0 Å². The van der Waals surface area contributed by atoms with Crippen LogP contribution < -0.4 is 0 Å². The first-order chi connectivity index (χ1) is 12.9. The van der Waals surface area contributed by atoms with E-state index in [1.54, 1.807) is 24.3 Å². The van der Waals surface area contributed by atoms with Gasteiger partial charge in [-0.2, -0.15) is 4.31 Å². The second kappa shape index (κ2) is 8.19. The van der Waals surface area contributed by atoms with E-state index in [1.165, 1.54) is 4.31 Å². The van der Waals surface area contributed by atoms with Gasteiger partial charge in [0.25, 0.3) is 0 Å². The number of aryl methyl sites for hydroxylation is 1. The Kier molecular flexibility index (Phi) is 5.92. The number of carbonyl (C=O) groups is 1. The van der Waals surface area contributed by atoms with Gasteiger partial charge in [-0.15, -0.1) is 0 Å². The molecule has 4 nitrogen and oxygen atoms in total. The highest BCUT2D eigenvalue weighted by molar-refractivity contribution is 7.89. The lowest BCUT2D eigenvalue weighted by Crippen LogP contribution is -2.39. The maximum Gasteiger partial charge on any atom is 0.243 e. The second-order valence-corrected chi connectivity index (χ2v) is 8.82. The predicted octanol–water partition coefficient (Wildman–Crippen LogP) is 4.43. The Labute approximate surface area is 161 Å². The summed E-state index contributed by atoms with van der Waals surface area (Å²) in [6.07, 6.45) is 3.61. The summed E-state index contributed by atoms with van der Waals surface area (Å²) in [7, 11) is -3.72. The average Bonchev–Trinajstić information content (AvgIpc) is 2.69. The van der Waals surface area contributed by atoms with Gasteiger partial charge in [0.2, 0.25) is 10.0 Å². The van der Waals surface area contributed by atoms with Crippen molar-refractivity contribution in [1.82, 2.24) is 4.31 Å². The lowest BCUT2D eigenvalue weighted by Gasteiger charge is -2.34. The largest absolute Gasteiger partial charge is 0.295 e. The van der Waals surface area contributed by atoms with E-state index in [-0.39, 0.29) is 23.3 Å². The molecule has 0 bridgehead atoms. The molecule has 27 heavy (non-hydrogen) atoms. The van der Waals surface area contributed by atoms with Crippen molar-refractivity contribution in [3.8, 4) is 0 Å². The highest BCUT2D eigenvalue weighted by Gasteiger charge is 2.36. The van der Waals surface area contributed by atoms with Crippen molar-refractivity contribution in [2.24, 2.45) is 0 Å². The fraction of sp³-hybridized carbons (Fsp3) is 0.318. The molecule has 1 aliphatic rings. The molecular formula is C22H25NO3S. The van der Waals surface area contributed by atoms with Crippen molar-refractivity contribution >= 4 is 15.8 Å². The Morgan fingerprint density at radius 3 is 2.37 bits per heavy atom. The molecule has 0 N–H and O–H groups in total. The number of hydrogen-bond donors (Lipinski definition) is 0. The monoisotopic (exact) mass is 383 g/mol. The number of hydrogen-bond acceptors (Lipinski definition) is 3. The summed E-state index contributed by atoms with van der Waals surface area (Å²) in [6, 6.07) is 16.2. The SMILES string of the molecule is CCCC(=O)C1=CCC(c2ccccc2)N(S(=O)(=O)c2ccc(C)cc2)C1. The van der Waals surface area contributed by atoms with Gasteiger partial charge in [-0.1, -0.05) is 61.0 Å². The molecule has 2 aromatic carbocycles. The lowest BCUT2D eigenvalue weighted by atomic mass is 9.95. The maximum atomic E-state index is 13.4. The van der Waals surface area contributed by atoms with E-state index >= 15 is 0 Å². The number of sulfonamides is 1. The smallest absolute Gasteiger partial charge is 0.243 e. The van der Waals surface area contributed by atoms with E-state index < -0.39 is 10.0 Å². The van der Waals surface area contributed by atoms with Crippen LogP contribution in [0.4, 0.5) is 0 Å². The van der Waals surface area contributed by atoms with E-state index in [0.29, 0.717) is 18.4 Å². The zero-order chi connectivity index (χ0) is 19.4. The van der Waals surface area contributed by atoms with Crippen LogP contribution >= 0.6 is 0 Å². The van der Waals surface area contributed by atoms with Crippen LogP contribution in [0.15, 0.2) is 71.1 Å². The van der Waals surface area contributed by atoms with Crippen LogP contribution in [0.25, 0.3) is 0 Å². The van der Waals surface area contributed by atoms with Crippen LogP contribution in [-0.2, 0) is 14.8 Å². The van der Waals surface area contributed by atoms with E-state index in [0.717, 1.165) is 17.5 Å². The van der Waals surface area contributed by atoms with Gasteiger partial charge in [0, 0.05) is 18.5 Å². The van der Waals surface area contributed by atoms with Crippen molar-refractivity contribution in [2.75, 3.05) is 6.54 Å². The number of rotatable bonds is 6. The highest BCUT2D eigenvalue weighted by Crippen LogP contribution is 2.35. The summed E-state index contributed by atoms with van der Waals surface area (Å²) < 4.78 is 28.3. The standard InChI is InChI=1S/C22H25NO3S/c1-3-7-22(24)19-12-15-21(18-8-5-4-6-9-18)23(16-19)27(25,26)20-13-10-17(2)11-14-20/h4-6,8-14,21H,3,7,15-16H2,1-2H3. The van der Waals surface area contributed by atoms with Gasteiger partial charge < -0.3 is 0 Å². The van der Waals surface area contributed by atoms with Crippen molar-refractivity contribution < 1.29 is 13.2 Å². The van der Waals surface area contributed by atoms with Gasteiger partial charge in [0.15, 0.2) is 5.78 Å². The van der Waals surface area contributed by atoms with Crippen molar-refractivity contribution in [1.29, 1.82) is 0 Å². The fourth-order valence-electron chi connectivity index (χ4n) is 3.38. The molecule has 0 aliphatic carbocycles. The Morgan fingerprint density at radius 1 is 1.07 bits per heavy atom. The van der Waals surface area contributed by atoms with Gasteiger partial charge in [-0.3, -0.25) is 4.79 Å². The predicted molar refractivity (Wildman–Crippen MR) is 107 cm³/mol. The van der Waals surface area contributed by atoms with Gasteiger partial charge in [0.05, 0.1) is 10.9 Å². The molecule has 0 spiro atoms. The summed E-state index contributed by atoms with van der Waals surface area (Å²) >= 11 is 0. The van der Waals surface area contributed by atoms with Gasteiger partial charge in [0.1, 0.15) is 0 Å². The molecule has 1 heterocycles. The van der Waals surface area contributed by atoms with Gasteiger partial charge >= 0.3 is 0 Å². The molecule has 142 valence electrons. The molecule has 0 radical (unpaired) electrons. The van der Waals surface area contributed by atoms with E-state index in [9.17, 15) is 13.2 Å². The Bertz CT molecular complexity index is 931. The summed E-state index contributed by atoms with van der Waals surface area (Å²) in [5.41, 5.74) is 2.54. The molecule has 1 aliphatic heterocycles. The van der Waals surface area contributed by atoms with Crippen LogP contribution in [0.3, 0.4) is 0 Å². The first-order valence-electron chi connectivity index (χ1n) is 9.29. The van der Waals surface area contributed by atoms with Gasteiger partial charge in [-0.25, -0.2) is 8.42 Å². The summed E-state index contributed by atoms with van der Waals surface area (Å²) in [5.74, 6) is 0.0353. The third kappa shape index (κ3) is 4.20. The molecule has 3 rings (SSSR count). The first kappa shape index (κ1) is 19.5. The second-order valence-electron chi connectivity index (χ2n) is 6.93. The molecule has 1 unspecified atom stereocenters. The summed E-state index contributed by atoms with van der Waals surface area (Å²) in [6.45, 7) is 4.00. The number of ketones is 1. The number of nitrogens with zero attached hydrogens (tertiary/aromatic N) is 1. The zero-order valence-electron chi connectivity index (χ0n) is 15.8. The van der Waals surface area contributed by atoms with Crippen molar-refractivity contribution in [3.05, 3.63) is 77.4 Å². The number of benzene rings is 2. The molecule has 0 saturated carbocycles. The topological polar surface area (TPSA) is 54.5 Å². The zero-order valence-corrected chi connectivity index (χ0v) is 16.6. The lowest BCUT2D eigenvalue weighted by molar-refractivity contribution is -0.115. The maximum absolute atomic E-state index is 13.4. The molecule has 0 fully saturated rings. The fourth-order valence-corrected chi connectivity index (χ4v) is 4.98. The Hall–Kier alpha value is -2.24. The molecule has 2 aromatic rings. The molecule has 5 heteroatoms. The minimum atomic E-state index is -3.72. The van der Waals surface area contributed by atoms with Gasteiger partial charge in [-0.05, 0) is 37.5 Å². The van der Waals surface area contributed by atoms with Crippen LogP contribution in [0.5, 0.6) is 0 Å². The number of carbonyl (C=O) groups excluding carboxylic acids is 1. The van der Waals surface area contributed by atoms with E-state index in [2.05, 4.69) is 0 Å². The minimum absolute atomic E-state index is 0.0353. The highest BCUT2D eigenvalue weighted by atomic mass is 32.2. The average molecular weight is 384 g/mol. The third-order valence-corrected chi connectivity index (χ3v) is 6.78. The number of Topliss-reactive ketones (excluding diaryl/α,β-unsaturated/α-hetero) is 1. The van der Waals surface area contributed by atoms with Crippen LogP contribution in [0.1, 0.15) is 43.4 Å². The van der Waals surface area contributed by atoms with Crippen LogP contribution in [0.2, 0.25) is 0 Å². The van der Waals surface area contributed by atoms with Crippen LogP contribution in [0, 0.1) is 6.92 Å². The minimum Gasteiger partial charge on any atom is -0.295 e. The van der Waals surface area contributed by atoms with Crippen LogP contribution in [-0.4, -0.2) is 25.1 Å². The first-order valence-corrected chi connectivity index (χ1v) is 10.7. The molecule has 1 atom stereocenters. The third-order valence-electron chi connectivity index (χ3n) is 4.91. The molecule has 0 saturated heterocycles. The quantitative estimate of drug-likeness (QED) is 0.742. The summed E-state index contributed by atoms with van der Waals surface area (Å²) in [4.78, 5) is 12.7. The van der Waals surface area contributed by atoms with E-state index in [4.69, 9.17) is 0 Å². The Morgan fingerprint density at radius 2 is 1.74 bits per heavy atom. The normalized spacial score (nSPS) is 18.1. The molecule has 0 aromatic heterocycles. The molecule has 0 amide bonds. The van der Waals surface area contributed by atoms with Crippen molar-refractivity contribution in [3.63, 3.8) is 0 Å². The molecular weight excluding hydrogens is 358 g/mol. The Balaban J connectivity index is 2.02.